The second-order valence-electron chi connectivity index (χ2n) is 4.00. The van der Waals surface area contributed by atoms with Crippen LogP contribution >= 0.6 is 15.9 Å². The van der Waals surface area contributed by atoms with Gasteiger partial charge in [-0.1, -0.05) is 28.1 Å². The number of nitrogen functional groups attached to an aromatic ring is 1. The first-order chi connectivity index (χ1) is 8.65. The van der Waals surface area contributed by atoms with Gasteiger partial charge in [-0.05, 0) is 48.4 Å². The van der Waals surface area contributed by atoms with Gasteiger partial charge in [-0.25, -0.2) is 0 Å². The van der Waals surface area contributed by atoms with Crippen molar-refractivity contribution in [1.82, 2.24) is 0 Å². The normalized spacial score (nSPS) is 12.3. The Kier molecular flexibility index (Phi) is 4.55. The Balaban J connectivity index is 1.96. The standard InChI is InChI=1S/C14H14BrNOS/c15-12-3-7-14(8-4-12)18(17)10-9-11-1-5-13(16)6-2-11/h1-8H,9-10,16H2. The first kappa shape index (κ1) is 13.3. The SMILES string of the molecule is Nc1ccc(CCS(=O)c2ccc(Br)cc2)cc1. The van der Waals surface area contributed by atoms with Crippen molar-refractivity contribution in [3.05, 3.63) is 58.6 Å². The van der Waals surface area contributed by atoms with Crippen molar-refractivity contribution in [3.63, 3.8) is 0 Å². The number of rotatable bonds is 4. The zero-order valence-electron chi connectivity index (χ0n) is 9.80. The molecule has 18 heavy (non-hydrogen) atoms. The Hall–Kier alpha value is -1.13. The van der Waals surface area contributed by atoms with E-state index in [0.29, 0.717) is 5.75 Å². The lowest BCUT2D eigenvalue weighted by molar-refractivity contribution is 0.682. The van der Waals surface area contributed by atoms with Gasteiger partial charge in [0.05, 0.1) is 10.8 Å². The van der Waals surface area contributed by atoms with Crippen LogP contribution in [0.5, 0.6) is 0 Å². The fourth-order valence-electron chi connectivity index (χ4n) is 1.60. The van der Waals surface area contributed by atoms with E-state index in [4.69, 9.17) is 5.73 Å². The number of nitrogens with two attached hydrogens (primary N) is 1. The number of hydrogen-bond acceptors (Lipinski definition) is 2. The molecular formula is C14H14BrNOS. The third-order valence-electron chi connectivity index (χ3n) is 2.63. The number of hydrogen-bond donors (Lipinski definition) is 1. The van der Waals surface area contributed by atoms with Crippen molar-refractivity contribution < 1.29 is 4.21 Å². The molecule has 0 fully saturated rings. The van der Waals surface area contributed by atoms with Crippen molar-refractivity contribution in [2.45, 2.75) is 11.3 Å². The zero-order valence-corrected chi connectivity index (χ0v) is 12.2. The van der Waals surface area contributed by atoms with Gasteiger partial charge in [0.1, 0.15) is 0 Å². The Morgan fingerprint density at radius 1 is 1.00 bits per heavy atom. The van der Waals surface area contributed by atoms with Crippen molar-refractivity contribution in [1.29, 1.82) is 0 Å². The summed E-state index contributed by atoms with van der Waals surface area (Å²) in [5.74, 6) is 0.631. The molecule has 94 valence electrons. The molecule has 2 aromatic rings. The van der Waals surface area contributed by atoms with E-state index >= 15 is 0 Å². The molecule has 4 heteroatoms. The van der Waals surface area contributed by atoms with E-state index in [9.17, 15) is 4.21 Å². The van der Waals surface area contributed by atoms with Crippen molar-refractivity contribution in [2.24, 2.45) is 0 Å². The fraction of sp³-hybridized carbons (Fsp3) is 0.143. The van der Waals surface area contributed by atoms with Gasteiger partial charge in [0.2, 0.25) is 0 Å². The molecule has 0 aliphatic rings. The molecule has 0 radical (unpaired) electrons. The maximum atomic E-state index is 12.1. The van der Waals surface area contributed by atoms with Crippen molar-refractivity contribution >= 4 is 32.4 Å². The van der Waals surface area contributed by atoms with Crippen LogP contribution in [0.15, 0.2) is 57.9 Å². The van der Waals surface area contributed by atoms with Gasteiger partial charge in [-0.15, -0.1) is 0 Å². The molecule has 0 aromatic heterocycles. The summed E-state index contributed by atoms with van der Waals surface area (Å²) < 4.78 is 13.1. The van der Waals surface area contributed by atoms with Crippen LogP contribution in [0.4, 0.5) is 5.69 Å². The molecule has 0 aliphatic heterocycles. The van der Waals surface area contributed by atoms with Crippen LogP contribution in [0, 0.1) is 0 Å². The summed E-state index contributed by atoms with van der Waals surface area (Å²) in [5, 5.41) is 0. The van der Waals surface area contributed by atoms with Crippen LogP contribution in [-0.2, 0) is 17.2 Å². The molecule has 2 rings (SSSR count). The lowest BCUT2D eigenvalue weighted by atomic mass is 10.2. The Morgan fingerprint density at radius 2 is 1.61 bits per heavy atom. The lowest BCUT2D eigenvalue weighted by Crippen LogP contribution is -2.01. The minimum absolute atomic E-state index is 0.631. The highest BCUT2D eigenvalue weighted by atomic mass is 79.9. The summed E-state index contributed by atoms with van der Waals surface area (Å²) in [5.41, 5.74) is 7.54. The molecule has 0 bridgehead atoms. The highest BCUT2D eigenvalue weighted by molar-refractivity contribution is 9.10. The van der Waals surface area contributed by atoms with Crippen LogP contribution in [0.25, 0.3) is 0 Å². The molecule has 1 atom stereocenters. The first-order valence-corrected chi connectivity index (χ1v) is 7.75. The maximum absolute atomic E-state index is 12.1. The minimum Gasteiger partial charge on any atom is -0.399 e. The largest absolute Gasteiger partial charge is 0.399 e. The summed E-state index contributed by atoms with van der Waals surface area (Å²) in [6, 6.07) is 15.3. The second-order valence-corrected chi connectivity index (χ2v) is 6.48. The predicted molar refractivity (Wildman–Crippen MR) is 80.0 cm³/mol. The number of anilines is 1. The van der Waals surface area contributed by atoms with Gasteiger partial charge >= 0.3 is 0 Å². The second kappa shape index (κ2) is 6.16. The summed E-state index contributed by atoms with van der Waals surface area (Å²) in [4.78, 5) is 0.869. The van der Waals surface area contributed by atoms with Crippen molar-refractivity contribution in [2.75, 3.05) is 11.5 Å². The van der Waals surface area contributed by atoms with Crippen molar-refractivity contribution in [3.8, 4) is 0 Å². The zero-order chi connectivity index (χ0) is 13.0. The molecule has 2 nitrogen and oxygen atoms in total. The quantitative estimate of drug-likeness (QED) is 0.876. The molecule has 2 aromatic carbocycles. The molecule has 0 saturated heterocycles. The predicted octanol–water partition coefficient (Wildman–Crippen LogP) is 3.38. The molecule has 0 aliphatic carbocycles. The molecule has 1 unspecified atom stereocenters. The maximum Gasteiger partial charge on any atom is 0.0532 e. The van der Waals surface area contributed by atoms with E-state index < -0.39 is 10.8 Å². The van der Waals surface area contributed by atoms with E-state index in [2.05, 4.69) is 15.9 Å². The van der Waals surface area contributed by atoms with Gasteiger partial charge in [0.25, 0.3) is 0 Å². The van der Waals surface area contributed by atoms with Gasteiger partial charge < -0.3 is 5.73 Å². The fourth-order valence-corrected chi connectivity index (χ4v) is 2.96. The van der Waals surface area contributed by atoms with Crippen LogP contribution in [0.1, 0.15) is 5.56 Å². The number of aryl methyl sites for hydroxylation is 1. The first-order valence-electron chi connectivity index (χ1n) is 5.63. The van der Waals surface area contributed by atoms with Crippen LogP contribution < -0.4 is 5.73 Å². The van der Waals surface area contributed by atoms with Gasteiger partial charge in [-0.3, -0.25) is 4.21 Å². The van der Waals surface area contributed by atoms with E-state index in [0.717, 1.165) is 27.0 Å². The smallest absolute Gasteiger partial charge is 0.0532 e. The van der Waals surface area contributed by atoms with Gasteiger partial charge in [0, 0.05) is 20.8 Å². The van der Waals surface area contributed by atoms with E-state index in [1.54, 1.807) is 0 Å². The Bertz CT molecular complexity index is 537. The van der Waals surface area contributed by atoms with Crippen LogP contribution in [0.3, 0.4) is 0 Å². The average molecular weight is 324 g/mol. The third-order valence-corrected chi connectivity index (χ3v) is 4.53. The Labute approximate surface area is 118 Å². The molecular weight excluding hydrogens is 310 g/mol. The number of halogens is 1. The summed E-state index contributed by atoms with van der Waals surface area (Å²) in [7, 11) is -0.950. The van der Waals surface area contributed by atoms with E-state index in [1.165, 1.54) is 0 Å². The van der Waals surface area contributed by atoms with E-state index in [1.807, 2.05) is 48.5 Å². The molecule has 2 N–H and O–H groups in total. The summed E-state index contributed by atoms with van der Waals surface area (Å²) >= 11 is 3.37. The number of benzene rings is 2. The van der Waals surface area contributed by atoms with Gasteiger partial charge in [-0.2, -0.15) is 0 Å². The summed E-state index contributed by atoms with van der Waals surface area (Å²) in [6.45, 7) is 0. The highest BCUT2D eigenvalue weighted by Gasteiger charge is 2.04. The molecule has 0 saturated carbocycles. The Morgan fingerprint density at radius 3 is 2.22 bits per heavy atom. The topological polar surface area (TPSA) is 43.1 Å². The summed E-state index contributed by atoms with van der Waals surface area (Å²) in [6.07, 6.45) is 0.795. The van der Waals surface area contributed by atoms with Crippen LogP contribution in [-0.4, -0.2) is 9.96 Å². The monoisotopic (exact) mass is 323 g/mol. The van der Waals surface area contributed by atoms with Crippen LogP contribution in [0.2, 0.25) is 0 Å². The lowest BCUT2D eigenvalue weighted by Gasteiger charge is -2.03. The minimum atomic E-state index is -0.950. The van der Waals surface area contributed by atoms with Gasteiger partial charge in [0.15, 0.2) is 0 Å². The van der Waals surface area contributed by atoms with E-state index in [-0.39, 0.29) is 0 Å². The highest BCUT2D eigenvalue weighted by Crippen LogP contribution is 2.14. The average Bonchev–Trinajstić information content (AvgIpc) is 2.38. The molecule has 0 heterocycles. The third kappa shape index (κ3) is 3.68. The molecule has 0 amide bonds. The molecule has 0 spiro atoms.